The Morgan fingerprint density at radius 3 is 2.70 bits per heavy atom. The molecule has 1 saturated carbocycles. The second-order valence-electron chi connectivity index (χ2n) is 7.62. The monoisotopic (exact) mass is 374 g/mol. The van der Waals surface area contributed by atoms with Crippen LogP contribution in [0.5, 0.6) is 0 Å². The van der Waals surface area contributed by atoms with Gasteiger partial charge in [-0.15, -0.1) is 0 Å². The van der Waals surface area contributed by atoms with Crippen molar-refractivity contribution in [3.05, 3.63) is 23.5 Å². The average Bonchev–Trinajstić information content (AvgIpc) is 3.35. The lowest BCUT2D eigenvalue weighted by Gasteiger charge is -2.19. The Morgan fingerprint density at radius 2 is 2.07 bits per heavy atom. The van der Waals surface area contributed by atoms with Crippen molar-refractivity contribution in [2.24, 2.45) is 0 Å². The highest BCUT2D eigenvalue weighted by Gasteiger charge is 2.28. The van der Waals surface area contributed by atoms with Gasteiger partial charge in [0.1, 0.15) is 5.60 Å². The highest BCUT2D eigenvalue weighted by atomic mass is 16.6. The maximum atomic E-state index is 12.3. The summed E-state index contributed by atoms with van der Waals surface area (Å²) in [4.78, 5) is 28.8. The molecule has 0 saturated heterocycles. The van der Waals surface area contributed by atoms with Crippen molar-refractivity contribution in [2.45, 2.75) is 58.6 Å². The van der Waals surface area contributed by atoms with E-state index < -0.39 is 11.7 Å². The molecule has 27 heavy (non-hydrogen) atoms. The molecule has 3 rings (SSSR count). The number of hydrogen-bond donors (Lipinski definition) is 1. The van der Waals surface area contributed by atoms with Gasteiger partial charge in [-0.05, 0) is 46.6 Å². The molecule has 0 unspecified atom stereocenters. The maximum Gasteiger partial charge on any atom is 0.407 e. The molecule has 1 aliphatic carbocycles. The first-order chi connectivity index (χ1) is 12.8. The molecule has 146 valence electrons. The number of esters is 1. The van der Waals surface area contributed by atoms with Crippen molar-refractivity contribution >= 4 is 23.1 Å². The summed E-state index contributed by atoms with van der Waals surface area (Å²) < 4.78 is 12.1. The summed E-state index contributed by atoms with van der Waals surface area (Å²) in [6.07, 6.45) is 3.31. The van der Waals surface area contributed by atoms with E-state index in [0.29, 0.717) is 42.2 Å². The average molecular weight is 374 g/mol. The number of nitrogens with one attached hydrogen (secondary N) is 1. The van der Waals surface area contributed by atoms with Gasteiger partial charge in [-0.1, -0.05) is 0 Å². The number of carbonyl (C=O) groups excluding carboxylic acids is 2. The van der Waals surface area contributed by atoms with Crippen molar-refractivity contribution in [3.63, 3.8) is 0 Å². The quantitative estimate of drug-likeness (QED) is 0.781. The van der Waals surface area contributed by atoms with Crippen LogP contribution >= 0.6 is 0 Å². The van der Waals surface area contributed by atoms with Crippen LogP contribution in [0.4, 0.5) is 4.79 Å². The molecule has 1 fully saturated rings. The third-order valence-electron chi connectivity index (χ3n) is 4.11. The third kappa shape index (κ3) is 4.75. The van der Waals surface area contributed by atoms with Crippen LogP contribution in [0.2, 0.25) is 0 Å². The van der Waals surface area contributed by atoms with E-state index in [0.717, 1.165) is 18.5 Å². The lowest BCUT2D eigenvalue weighted by Crippen LogP contribution is -2.34. The van der Waals surface area contributed by atoms with E-state index in [9.17, 15) is 9.59 Å². The second-order valence-corrected chi connectivity index (χ2v) is 7.62. The number of pyridine rings is 1. The van der Waals surface area contributed by atoms with E-state index >= 15 is 0 Å². The Labute approximate surface area is 158 Å². The van der Waals surface area contributed by atoms with Crippen LogP contribution < -0.4 is 5.32 Å². The molecular formula is C19H26N4O4. The van der Waals surface area contributed by atoms with Gasteiger partial charge in [0.15, 0.2) is 5.65 Å². The van der Waals surface area contributed by atoms with E-state index in [4.69, 9.17) is 14.5 Å². The normalized spacial score (nSPS) is 14.2. The fourth-order valence-corrected chi connectivity index (χ4v) is 2.77. The number of rotatable bonds is 6. The minimum Gasteiger partial charge on any atom is -0.462 e. The summed E-state index contributed by atoms with van der Waals surface area (Å²) >= 11 is 0. The number of aromatic nitrogens is 3. The van der Waals surface area contributed by atoms with Gasteiger partial charge in [-0.3, -0.25) is 0 Å². The molecule has 8 nitrogen and oxygen atoms in total. The Kier molecular flexibility index (Phi) is 5.34. The Hall–Kier alpha value is -2.64. The Morgan fingerprint density at radius 1 is 1.33 bits per heavy atom. The number of hydrogen-bond acceptors (Lipinski definition) is 6. The SMILES string of the molecule is CCOC(=O)c1cc(C2CC2)nc2c1cnn2CCNC(=O)OC(C)(C)C. The summed E-state index contributed by atoms with van der Waals surface area (Å²) in [5.41, 5.74) is 1.48. The van der Waals surface area contributed by atoms with Gasteiger partial charge in [0.25, 0.3) is 0 Å². The Bertz CT molecular complexity index is 849. The zero-order valence-electron chi connectivity index (χ0n) is 16.2. The first kappa shape index (κ1) is 19.1. The summed E-state index contributed by atoms with van der Waals surface area (Å²) in [6, 6.07) is 1.82. The van der Waals surface area contributed by atoms with Crippen LogP contribution in [0, 0.1) is 0 Å². The standard InChI is InChI=1S/C19H26N4O4/c1-5-26-17(24)13-10-15(12-6-7-12)22-16-14(13)11-21-23(16)9-8-20-18(25)27-19(2,3)4/h10-12H,5-9H2,1-4H3,(H,20,25). The van der Waals surface area contributed by atoms with Crippen molar-refractivity contribution in [2.75, 3.05) is 13.2 Å². The van der Waals surface area contributed by atoms with Crippen LogP contribution in [0.25, 0.3) is 11.0 Å². The fraction of sp³-hybridized carbons (Fsp3) is 0.579. The number of amides is 1. The lowest BCUT2D eigenvalue weighted by atomic mass is 10.1. The number of ether oxygens (including phenoxy) is 2. The maximum absolute atomic E-state index is 12.3. The molecule has 0 bridgehead atoms. The molecule has 2 aromatic heterocycles. The predicted octanol–water partition coefficient (Wildman–Crippen LogP) is 3.01. The van der Waals surface area contributed by atoms with Crippen molar-refractivity contribution in [1.29, 1.82) is 0 Å². The zero-order valence-corrected chi connectivity index (χ0v) is 16.2. The van der Waals surface area contributed by atoms with Crippen LogP contribution in [0.1, 0.15) is 62.5 Å². The van der Waals surface area contributed by atoms with Crippen LogP contribution in [-0.4, -0.2) is 45.6 Å². The lowest BCUT2D eigenvalue weighted by molar-refractivity contribution is 0.0517. The van der Waals surface area contributed by atoms with Crippen molar-refractivity contribution in [1.82, 2.24) is 20.1 Å². The smallest absolute Gasteiger partial charge is 0.407 e. The van der Waals surface area contributed by atoms with Gasteiger partial charge in [0.2, 0.25) is 0 Å². The number of alkyl carbamates (subject to hydrolysis) is 1. The van der Waals surface area contributed by atoms with Gasteiger partial charge in [0, 0.05) is 18.2 Å². The van der Waals surface area contributed by atoms with Crippen molar-refractivity contribution < 1.29 is 19.1 Å². The molecule has 0 aliphatic heterocycles. The van der Waals surface area contributed by atoms with E-state index in [1.807, 2.05) is 26.8 Å². The van der Waals surface area contributed by atoms with E-state index in [2.05, 4.69) is 10.4 Å². The second kappa shape index (κ2) is 7.54. The molecule has 0 atom stereocenters. The number of fused-ring (bicyclic) bond motifs is 1. The van der Waals surface area contributed by atoms with Gasteiger partial charge in [-0.25, -0.2) is 19.3 Å². The molecule has 2 heterocycles. The van der Waals surface area contributed by atoms with E-state index in [1.165, 1.54) is 0 Å². The molecule has 8 heteroatoms. The van der Waals surface area contributed by atoms with Gasteiger partial charge in [0.05, 0.1) is 30.3 Å². The molecule has 1 amide bonds. The van der Waals surface area contributed by atoms with E-state index in [1.54, 1.807) is 17.8 Å². The topological polar surface area (TPSA) is 95.3 Å². The zero-order chi connectivity index (χ0) is 19.6. The summed E-state index contributed by atoms with van der Waals surface area (Å²) in [5, 5.41) is 7.72. The van der Waals surface area contributed by atoms with E-state index in [-0.39, 0.29) is 5.97 Å². The van der Waals surface area contributed by atoms with Gasteiger partial charge < -0.3 is 14.8 Å². The number of carbonyl (C=O) groups is 2. The van der Waals surface area contributed by atoms with Crippen molar-refractivity contribution in [3.8, 4) is 0 Å². The highest BCUT2D eigenvalue weighted by Crippen LogP contribution is 2.40. The first-order valence-corrected chi connectivity index (χ1v) is 9.29. The predicted molar refractivity (Wildman–Crippen MR) is 99.7 cm³/mol. The number of nitrogens with zero attached hydrogens (tertiary/aromatic N) is 3. The first-order valence-electron chi connectivity index (χ1n) is 9.29. The minimum atomic E-state index is -0.544. The van der Waals surface area contributed by atoms with Crippen LogP contribution in [0.15, 0.2) is 12.3 Å². The third-order valence-corrected chi connectivity index (χ3v) is 4.11. The van der Waals surface area contributed by atoms with Crippen LogP contribution in [0.3, 0.4) is 0 Å². The summed E-state index contributed by atoms with van der Waals surface area (Å²) in [6.45, 7) is 8.30. The van der Waals surface area contributed by atoms with Gasteiger partial charge >= 0.3 is 12.1 Å². The molecular weight excluding hydrogens is 348 g/mol. The molecule has 2 aromatic rings. The molecule has 0 aromatic carbocycles. The summed E-state index contributed by atoms with van der Waals surface area (Å²) in [5.74, 6) is 0.0315. The largest absolute Gasteiger partial charge is 0.462 e. The molecule has 1 aliphatic rings. The molecule has 0 spiro atoms. The minimum absolute atomic E-state index is 0.315. The molecule has 1 N–H and O–H groups in total. The Balaban J connectivity index is 1.78. The van der Waals surface area contributed by atoms with Gasteiger partial charge in [-0.2, -0.15) is 5.10 Å². The molecule has 0 radical (unpaired) electrons. The highest BCUT2D eigenvalue weighted by molar-refractivity contribution is 6.02. The van der Waals surface area contributed by atoms with Crippen LogP contribution in [-0.2, 0) is 16.0 Å². The fourth-order valence-electron chi connectivity index (χ4n) is 2.77. The summed E-state index contributed by atoms with van der Waals surface area (Å²) in [7, 11) is 0.